The van der Waals surface area contributed by atoms with E-state index in [1.54, 1.807) is 5.01 Å². The molecule has 0 aliphatic carbocycles. The van der Waals surface area contributed by atoms with Crippen LogP contribution < -0.4 is 10.3 Å². The Hall–Kier alpha value is -3.05. The topological polar surface area (TPSA) is 75.0 Å². The second-order valence-corrected chi connectivity index (χ2v) is 10.0. The molecule has 1 unspecified atom stereocenters. The van der Waals surface area contributed by atoms with E-state index in [9.17, 15) is 8.78 Å². The van der Waals surface area contributed by atoms with Crippen LogP contribution in [0.5, 0.6) is 0 Å². The molecule has 0 bridgehead atoms. The highest BCUT2D eigenvalue weighted by molar-refractivity contribution is 8.15. The molecule has 2 aromatic carbocycles. The molecular formula is C23H24F2N6OS2. The average molecular weight is 503 g/mol. The van der Waals surface area contributed by atoms with Gasteiger partial charge in [-0.25, -0.2) is 13.8 Å². The number of hydrogen-bond donors (Lipinski definition) is 1. The van der Waals surface area contributed by atoms with Crippen LogP contribution in [0.4, 0.5) is 13.9 Å². The molecule has 0 amide bonds. The molecule has 1 aliphatic rings. The van der Waals surface area contributed by atoms with Crippen LogP contribution in [-0.4, -0.2) is 34.7 Å². The number of benzene rings is 2. The van der Waals surface area contributed by atoms with Crippen molar-refractivity contribution >= 4 is 39.1 Å². The first-order chi connectivity index (χ1) is 16.4. The van der Waals surface area contributed by atoms with Gasteiger partial charge >= 0.3 is 0 Å². The van der Waals surface area contributed by atoms with Gasteiger partial charge in [-0.1, -0.05) is 58.6 Å². The Morgan fingerprint density at radius 1 is 1.18 bits per heavy atom. The van der Waals surface area contributed by atoms with Gasteiger partial charge in [-0.3, -0.25) is 0 Å². The molecule has 0 fully saturated rings. The van der Waals surface area contributed by atoms with Crippen molar-refractivity contribution in [3.63, 3.8) is 0 Å². The van der Waals surface area contributed by atoms with Gasteiger partial charge in [0.15, 0.2) is 0 Å². The number of aryl methyl sites for hydroxylation is 1. The molecule has 0 saturated carbocycles. The molecule has 4 rings (SSSR count). The normalized spacial score (nSPS) is 18.2. The zero-order valence-electron chi connectivity index (χ0n) is 19.0. The number of hydrogen-bond acceptors (Lipinski definition) is 8. The summed E-state index contributed by atoms with van der Waals surface area (Å²) in [6.45, 7) is 4.33. The Morgan fingerprint density at radius 2 is 1.97 bits per heavy atom. The lowest BCUT2D eigenvalue weighted by atomic mass is 10.0. The van der Waals surface area contributed by atoms with E-state index in [0.29, 0.717) is 29.0 Å². The van der Waals surface area contributed by atoms with Crippen molar-refractivity contribution in [1.82, 2.24) is 15.5 Å². The number of nitrogens with one attached hydrogen (secondary N) is 1. The van der Waals surface area contributed by atoms with Gasteiger partial charge in [0.05, 0.1) is 0 Å². The predicted octanol–water partition coefficient (Wildman–Crippen LogP) is 5.24. The Bertz CT molecular complexity index is 1200. The Kier molecular flexibility index (Phi) is 7.42. The van der Waals surface area contributed by atoms with Crippen molar-refractivity contribution in [3.05, 3.63) is 76.3 Å². The maximum absolute atomic E-state index is 14.7. The van der Waals surface area contributed by atoms with Crippen LogP contribution in [0, 0.1) is 18.6 Å². The highest BCUT2D eigenvalue weighted by Crippen LogP contribution is 2.52. The first-order valence-electron chi connectivity index (χ1n) is 10.6. The molecule has 2 heterocycles. The van der Waals surface area contributed by atoms with E-state index < -0.39 is 16.5 Å². The lowest BCUT2D eigenvalue weighted by Crippen LogP contribution is -2.38. The van der Waals surface area contributed by atoms with Crippen LogP contribution in [0.3, 0.4) is 0 Å². The van der Waals surface area contributed by atoms with Crippen molar-refractivity contribution in [3.8, 4) is 0 Å². The summed E-state index contributed by atoms with van der Waals surface area (Å²) in [5.74, 6) is -0.379. The van der Waals surface area contributed by atoms with Crippen molar-refractivity contribution in [2.24, 2.45) is 10.3 Å². The van der Waals surface area contributed by atoms with Crippen LogP contribution in [0.1, 0.15) is 35.9 Å². The molecule has 1 aliphatic heterocycles. The third-order valence-electron chi connectivity index (χ3n) is 5.18. The summed E-state index contributed by atoms with van der Waals surface area (Å²) in [5.41, 5.74) is 1.10. The van der Waals surface area contributed by atoms with Crippen molar-refractivity contribution in [2.45, 2.75) is 31.6 Å². The third-order valence-corrected chi connectivity index (χ3v) is 7.44. The van der Waals surface area contributed by atoms with Gasteiger partial charge in [-0.15, -0.1) is 10.2 Å². The van der Waals surface area contributed by atoms with Crippen molar-refractivity contribution in [2.75, 3.05) is 18.7 Å². The number of amidine groups is 1. The summed E-state index contributed by atoms with van der Waals surface area (Å²) in [5, 5.41) is 23.9. The zero-order chi connectivity index (χ0) is 24.1. The molecule has 0 radical (unpaired) electrons. The van der Waals surface area contributed by atoms with E-state index in [-0.39, 0.29) is 5.56 Å². The first kappa shape index (κ1) is 24.1. The van der Waals surface area contributed by atoms with Gasteiger partial charge in [0, 0.05) is 12.1 Å². The standard InChI is InChI=1S/C23H24F2N6OS2/c1-15(30-32-3)26-13-7-12-23(17-8-5-4-6-9-17)31(22-28-27-16(2)33-22)29-21(34-23)19-14-18(24)10-11-20(19)25/h4-6,8-11,14H,7,12-13H2,1-3H3,(H,26,30). The number of aromatic nitrogens is 2. The summed E-state index contributed by atoms with van der Waals surface area (Å²) < 4.78 is 28.8. The van der Waals surface area contributed by atoms with Crippen LogP contribution in [0.15, 0.2) is 58.8 Å². The summed E-state index contributed by atoms with van der Waals surface area (Å²) >= 11 is 2.80. The third kappa shape index (κ3) is 5.05. The van der Waals surface area contributed by atoms with Gasteiger partial charge < -0.3 is 10.2 Å². The maximum Gasteiger partial charge on any atom is 0.230 e. The molecule has 1 N–H and O–H groups in total. The lowest BCUT2D eigenvalue weighted by Gasteiger charge is -2.35. The molecule has 34 heavy (non-hydrogen) atoms. The molecule has 0 spiro atoms. The van der Waals surface area contributed by atoms with Gasteiger partial charge in [-0.05, 0) is 50.5 Å². The maximum atomic E-state index is 14.7. The largest absolute Gasteiger partial charge is 0.398 e. The molecule has 0 saturated heterocycles. The molecule has 3 aromatic rings. The second-order valence-electron chi connectivity index (χ2n) is 7.59. The van der Waals surface area contributed by atoms with E-state index in [2.05, 4.69) is 20.7 Å². The summed E-state index contributed by atoms with van der Waals surface area (Å²) in [6.07, 6.45) is 1.37. The van der Waals surface area contributed by atoms with Gasteiger partial charge in [0.25, 0.3) is 0 Å². The lowest BCUT2D eigenvalue weighted by molar-refractivity contribution is 0.211. The highest BCUT2D eigenvalue weighted by Gasteiger charge is 2.47. The number of oxime groups is 1. The van der Waals surface area contributed by atoms with Crippen LogP contribution >= 0.6 is 23.1 Å². The van der Waals surface area contributed by atoms with Gasteiger partial charge in [0.2, 0.25) is 5.13 Å². The molecule has 1 aromatic heterocycles. The van der Waals surface area contributed by atoms with Crippen molar-refractivity contribution in [1.29, 1.82) is 0 Å². The van der Waals surface area contributed by atoms with Crippen LogP contribution in [0.25, 0.3) is 0 Å². The quantitative estimate of drug-likeness (QED) is 0.196. The second kappa shape index (κ2) is 10.5. The molecule has 11 heteroatoms. The van der Waals surface area contributed by atoms with E-state index in [0.717, 1.165) is 29.1 Å². The van der Waals surface area contributed by atoms with Crippen LogP contribution in [-0.2, 0) is 9.71 Å². The van der Waals surface area contributed by atoms with Gasteiger partial charge in [-0.2, -0.15) is 5.10 Å². The molecule has 1 atom stereocenters. The molecular weight excluding hydrogens is 478 g/mol. The summed E-state index contributed by atoms with van der Waals surface area (Å²) in [7, 11) is 1.50. The fraction of sp³-hybridized carbons (Fsp3) is 0.304. The molecule has 178 valence electrons. The Morgan fingerprint density at radius 3 is 2.68 bits per heavy atom. The number of nitrogens with zero attached hydrogens (tertiary/aromatic N) is 5. The van der Waals surface area contributed by atoms with E-state index in [1.807, 2.05) is 44.2 Å². The predicted molar refractivity (Wildman–Crippen MR) is 133 cm³/mol. The number of halogens is 2. The van der Waals surface area contributed by atoms with Crippen molar-refractivity contribution < 1.29 is 13.6 Å². The Labute approximate surface area is 204 Å². The monoisotopic (exact) mass is 502 g/mol. The van der Waals surface area contributed by atoms with E-state index in [4.69, 9.17) is 9.94 Å². The smallest absolute Gasteiger partial charge is 0.230 e. The fourth-order valence-electron chi connectivity index (χ4n) is 3.68. The van der Waals surface area contributed by atoms with E-state index in [1.165, 1.54) is 36.3 Å². The zero-order valence-corrected chi connectivity index (χ0v) is 20.6. The SMILES string of the molecule is CON=C(C)NCCCC1(c2ccccc2)SC(c2cc(F)ccc2F)=NN1c1nnc(C)s1. The minimum absolute atomic E-state index is 0.121. The minimum Gasteiger partial charge on any atom is -0.398 e. The average Bonchev–Trinajstić information content (AvgIpc) is 3.43. The number of anilines is 1. The highest BCUT2D eigenvalue weighted by atomic mass is 32.2. The number of thioether (sulfide) groups is 1. The number of hydrazone groups is 1. The molecule has 7 nitrogen and oxygen atoms in total. The minimum atomic E-state index is -0.727. The summed E-state index contributed by atoms with van der Waals surface area (Å²) in [4.78, 5) is 4.07. The van der Waals surface area contributed by atoms with E-state index >= 15 is 0 Å². The number of rotatable bonds is 8. The summed E-state index contributed by atoms with van der Waals surface area (Å²) in [6, 6.07) is 13.3. The Balaban J connectivity index is 1.74. The van der Waals surface area contributed by atoms with Crippen LogP contribution in [0.2, 0.25) is 0 Å². The fourth-order valence-corrected chi connectivity index (χ4v) is 5.87. The first-order valence-corrected chi connectivity index (χ1v) is 12.3. The van der Waals surface area contributed by atoms with Gasteiger partial charge in [0.1, 0.15) is 39.5 Å².